The number of pyridine rings is 1. The maximum atomic E-state index is 13.1. The van der Waals surface area contributed by atoms with E-state index in [2.05, 4.69) is 22.0 Å². The van der Waals surface area contributed by atoms with Gasteiger partial charge < -0.3 is 5.73 Å². The van der Waals surface area contributed by atoms with Gasteiger partial charge in [0.1, 0.15) is 5.82 Å². The zero-order valence-electron chi connectivity index (χ0n) is 11.9. The number of hydrogen-bond acceptors (Lipinski definition) is 3. The van der Waals surface area contributed by atoms with Gasteiger partial charge in [-0.15, -0.1) is 12.4 Å². The van der Waals surface area contributed by atoms with E-state index in [-0.39, 0.29) is 18.2 Å². The Kier molecular flexibility index (Phi) is 7.90. The van der Waals surface area contributed by atoms with Crippen molar-refractivity contribution >= 4 is 12.4 Å². The molecule has 0 atom stereocenters. The van der Waals surface area contributed by atoms with Crippen molar-refractivity contribution in [2.75, 3.05) is 19.6 Å². The SMILES string of the molecule is Cl.NCCN(CCc1ccccc1)Cc1cncc(F)c1. The van der Waals surface area contributed by atoms with Crippen molar-refractivity contribution in [2.24, 2.45) is 5.73 Å². The third kappa shape index (κ3) is 6.21. The summed E-state index contributed by atoms with van der Waals surface area (Å²) in [5, 5.41) is 0. The molecule has 0 radical (unpaired) electrons. The van der Waals surface area contributed by atoms with Crippen molar-refractivity contribution in [3.8, 4) is 0 Å². The van der Waals surface area contributed by atoms with Gasteiger partial charge in [0.15, 0.2) is 0 Å². The predicted octanol–water partition coefficient (Wildman–Crippen LogP) is 2.65. The van der Waals surface area contributed by atoms with E-state index in [0.717, 1.165) is 25.1 Å². The van der Waals surface area contributed by atoms with E-state index < -0.39 is 0 Å². The molecule has 0 fully saturated rings. The first kappa shape index (κ1) is 17.6. The highest BCUT2D eigenvalue weighted by atomic mass is 35.5. The number of rotatable bonds is 7. The van der Waals surface area contributed by atoms with Gasteiger partial charge in [-0.1, -0.05) is 30.3 Å². The van der Waals surface area contributed by atoms with E-state index in [0.29, 0.717) is 13.1 Å². The Morgan fingerprint density at radius 2 is 1.81 bits per heavy atom. The molecule has 0 unspecified atom stereocenters. The predicted molar refractivity (Wildman–Crippen MR) is 85.9 cm³/mol. The molecule has 0 spiro atoms. The molecule has 1 heterocycles. The number of halogens is 2. The highest BCUT2D eigenvalue weighted by Crippen LogP contribution is 2.07. The van der Waals surface area contributed by atoms with Crippen LogP contribution in [0.5, 0.6) is 0 Å². The Bertz CT molecular complexity index is 522. The zero-order valence-corrected chi connectivity index (χ0v) is 12.7. The van der Waals surface area contributed by atoms with Crippen LogP contribution in [0.1, 0.15) is 11.1 Å². The second-order valence-electron chi connectivity index (χ2n) is 4.81. The summed E-state index contributed by atoms with van der Waals surface area (Å²) in [5.41, 5.74) is 7.83. The Morgan fingerprint density at radius 3 is 2.48 bits per heavy atom. The molecule has 0 aliphatic carbocycles. The van der Waals surface area contributed by atoms with Crippen molar-refractivity contribution in [1.29, 1.82) is 0 Å². The molecule has 2 N–H and O–H groups in total. The fourth-order valence-corrected chi connectivity index (χ4v) is 2.18. The summed E-state index contributed by atoms with van der Waals surface area (Å²) >= 11 is 0. The number of nitrogens with zero attached hydrogens (tertiary/aromatic N) is 2. The number of nitrogens with two attached hydrogens (primary N) is 1. The molecule has 21 heavy (non-hydrogen) atoms. The lowest BCUT2D eigenvalue weighted by Gasteiger charge is -2.21. The van der Waals surface area contributed by atoms with Gasteiger partial charge in [0, 0.05) is 32.4 Å². The topological polar surface area (TPSA) is 42.1 Å². The minimum atomic E-state index is -0.293. The molecule has 5 heteroatoms. The molecule has 0 bridgehead atoms. The maximum absolute atomic E-state index is 13.1. The van der Waals surface area contributed by atoms with Crippen LogP contribution < -0.4 is 5.73 Å². The Balaban J connectivity index is 0.00000220. The second-order valence-corrected chi connectivity index (χ2v) is 4.81. The highest BCUT2D eigenvalue weighted by Gasteiger charge is 2.06. The summed E-state index contributed by atoms with van der Waals surface area (Å²) in [4.78, 5) is 6.11. The van der Waals surface area contributed by atoms with Gasteiger partial charge in [0.25, 0.3) is 0 Å². The van der Waals surface area contributed by atoms with Gasteiger partial charge in [-0.2, -0.15) is 0 Å². The van der Waals surface area contributed by atoms with Crippen LogP contribution in [0.4, 0.5) is 4.39 Å². The van der Waals surface area contributed by atoms with Gasteiger partial charge in [-0.3, -0.25) is 9.88 Å². The van der Waals surface area contributed by atoms with Gasteiger partial charge >= 0.3 is 0 Å². The number of hydrogen-bond donors (Lipinski definition) is 1. The molecule has 1 aromatic carbocycles. The standard InChI is InChI=1S/C16H20FN3.ClH/c17-16-10-15(11-19-12-16)13-20(9-7-18)8-6-14-4-2-1-3-5-14;/h1-5,10-12H,6-9,13,18H2;1H. The van der Waals surface area contributed by atoms with E-state index in [4.69, 9.17) is 5.73 Å². The number of benzene rings is 1. The van der Waals surface area contributed by atoms with E-state index in [9.17, 15) is 4.39 Å². The summed E-state index contributed by atoms with van der Waals surface area (Å²) in [5.74, 6) is -0.293. The molecule has 0 saturated heterocycles. The quantitative estimate of drug-likeness (QED) is 0.855. The second kappa shape index (κ2) is 9.45. The first-order chi connectivity index (χ1) is 9.78. The molecule has 2 aromatic rings. The minimum absolute atomic E-state index is 0. The molecule has 3 nitrogen and oxygen atoms in total. The highest BCUT2D eigenvalue weighted by molar-refractivity contribution is 5.85. The monoisotopic (exact) mass is 309 g/mol. The summed E-state index contributed by atoms with van der Waals surface area (Å²) in [6, 6.07) is 11.9. The van der Waals surface area contributed by atoms with Crippen LogP contribution in [-0.2, 0) is 13.0 Å². The molecular formula is C16H21ClFN3. The van der Waals surface area contributed by atoms with Crippen LogP contribution in [0.25, 0.3) is 0 Å². The third-order valence-electron chi connectivity index (χ3n) is 3.17. The van der Waals surface area contributed by atoms with Crippen molar-refractivity contribution in [3.05, 3.63) is 65.7 Å². The van der Waals surface area contributed by atoms with Crippen LogP contribution >= 0.6 is 12.4 Å². The Morgan fingerprint density at radius 1 is 1.05 bits per heavy atom. The average molecular weight is 310 g/mol. The maximum Gasteiger partial charge on any atom is 0.141 e. The van der Waals surface area contributed by atoms with Crippen LogP contribution in [0.2, 0.25) is 0 Å². The summed E-state index contributed by atoms with van der Waals surface area (Å²) in [7, 11) is 0. The molecule has 0 amide bonds. The van der Waals surface area contributed by atoms with Crippen molar-refractivity contribution in [2.45, 2.75) is 13.0 Å². The zero-order chi connectivity index (χ0) is 14.2. The Labute approximate surface area is 131 Å². The fourth-order valence-electron chi connectivity index (χ4n) is 2.18. The van der Waals surface area contributed by atoms with Gasteiger partial charge in [0.2, 0.25) is 0 Å². The average Bonchev–Trinajstić information content (AvgIpc) is 2.46. The molecule has 0 saturated carbocycles. The molecule has 0 aliphatic rings. The van der Waals surface area contributed by atoms with Crippen LogP contribution in [-0.4, -0.2) is 29.5 Å². The molecular weight excluding hydrogens is 289 g/mol. The first-order valence-electron chi connectivity index (χ1n) is 6.83. The smallest absolute Gasteiger partial charge is 0.141 e. The van der Waals surface area contributed by atoms with E-state index in [1.54, 1.807) is 6.20 Å². The van der Waals surface area contributed by atoms with E-state index >= 15 is 0 Å². The lowest BCUT2D eigenvalue weighted by Crippen LogP contribution is -2.31. The third-order valence-corrected chi connectivity index (χ3v) is 3.17. The minimum Gasteiger partial charge on any atom is -0.329 e. The van der Waals surface area contributed by atoms with Crippen molar-refractivity contribution in [3.63, 3.8) is 0 Å². The molecule has 114 valence electrons. The van der Waals surface area contributed by atoms with E-state index in [1.165, 1.54) is 17.8 Å². The van der Waals surface area contributed by atoms with Crippen LogP contribution in [0.15, 0.2) is 48.8 Å². The lowest BCUT2D eigenvalue weighted by molar-refractivity contribution is 0.275. The van der Waals surface area contributed by atoms with Gasteiger partial charge in [0.05, 0.1) is 6.20 Å². The largest absolute Gasteiger partial charge is 0.329 e. The first-order valence-corrected chi connectivity index (χ1v) is 6.83. The Hall–Kier alpha value is -1.49. The van der Waals surface area contributed by atoms with E-state index in [1.807, 2.05) is 18.2 Å². The molecule has 1 aromatic heterocycles. The van der Waals surface area contributed by atoms with Crippen molar-refractivity contribution < 1.29 is 4.39 Å². The van der Waals surface area contributed by atoms with Crippen LogP contribution in [0, 0.1) is 5.82 Å². The number of aromatic nitrogens is 1. The lowest BCUT2D eigenvalue weighted by atomic mass is 10.1. The normalized spacial score (nSPS) is 10.4. The molecule has 0 aliphatic heterocycles. The summed E-state index contributed by atoms with van der Waals surface area (Å²) in [6.45, 7) is 2.97. The van der Waals surface area contributed by atoms with Gasteiger partial charge in [-0.25, -0.2) is 4.39 Å². The van der Waals surface area contributed by atoms with Crippen molar-refractivity contribution in [1.82, 2.24) is 9.88 Å². The van der Waals surface area contributed by atoms with Crippen LogP contribution in [0.3, 0.4) is 0 Å². The summed E-state index contributed by atoms with van der Waals surface area (Å²) < 4.78 is 13.1. The summed E-state index contributed by atoms with van der Waals surface area (Å²) in [6.07, 6.45) is 3.89. The fraction of sp³-hybridized carbons (Fsp3) is 0.312. The molecule has 2 rings (SSSR count). The van der Waals surface area contributed by atoms with Gasteiger partial charge in [-0.05, 0) is 23.6 Å².